The van der Waals surface area contributed by atoms with Crippen LogP contribution in [0.2, 0.25) is 5.02 Å². The zero-order valence-electron chi connectivity index (χ0n) is 7.42. The molecule has 0 aliphatic heterocycles. The number of carbonyl (C=O) groups is 1. The number of carboxylic acid groups (broad SMARTS) is 1. The summed E-state index contributed by atoms with van der Waals surface area (Å²) < 4.78 is 13.2. The van der Waals surface area contributed by atoms with Crippen molar-refractivity contribution >= 4 is 17.6 Å². The molecule has 1 aromatic carbocycles. The minimum Gasteiger partial charge on any atom is -0.478 e. The Bertz CT molecular complexity index is 379. The summed E-state index contributed by atoms with van der Waals surface area (Å²) in [6.07, 6.45) is 0. The lowest BCUT2D eigenvalue weighted by atomic mass is 10.1. The minimum absolute atomic E-state index is 0.00815. The average molecular weight is 218 g/mol. The highest BCUT2D eigenvalue weighted by atomic mass is 35.5. The Morgan fingerprint density at radius 1 is 1.64 bits per heavy atom. The molecule has 1 atom stereocenters. The van der Waals surface area contributed by atoms with Crippen LogP contribution in [0.4, 0.5) is 4.39 Å². The molecule has 1 rings (SSSR count). The topological polar surface area (TPSA) is 63.3 Å². The van der Waals surface area contributed by atoms with E-state index in [1.807, 2.05) is 0 Å². The van der Waals surface area contributed by atoms with Crippen LogP contribution in [0.25, 0.3) is 0 Å². The number of nitrogens with two attached hydrogens (primary N) is 1. The number of carboxylic acids is 1. The fraction of sp³-hybridized carbons (Fsp3) is 0.222. The van der Waals surface area contributed by atoms with Crippen molar-refractivity contribution in [1.29, 1.82) is 0 Å². The van der Waals surface area contributed by atoms with Gasteiger partial charge in [-0.15, -0.1) is 0 Å². The maximum absolute atomic E-state index is 13.2. The van der Waals surface area contributed by atoms with E-state index in [0.717, 1.165) is 6.07 Å². The molecular weight excluding hydrogens is 209 g/mol. The number of aromatic carboxylic acids is 1. The van der Waals surface area contributed by atoms with Crippen LogP contribution < -0.4 is 5.73 Å². The Labute approximate surface area is 85.3 Å². The lowest BCUT2D eigenvalue weighted by Gasteiger charge is -2.09. The summed E-state index contributed by atoms with van der Waals surface area (Å²) in [5.74, 6) is -1.91. The molecule has 14 heavy (non-hydrogen) atoms. The molecule has 0 fully saturated rings. The van der Waals surface area contributed by atoms with E-state index < -0.39 is 17.8 Å². The number of rotatable bonds is 2. The van der Waals surface area contributed by atoms with Crippen LogP contribution in [-0.4, -0.2) is 11.1 Å². The minimum atomic E-state index is -1.26. The van der Waals surface area contributed by atoms with Gasteiger partial charge in [-0.2, -0.15) is 0 Å². The van der Waals surface area contributed by atoms with Gasteiger partial charge in [0.15, 0.2) is 0 Å². The summed E-state index contributed by atoms with van der Waals surface area (Å²) in [5.41, 5.74) is 5.42. The molecular formula is C9H9ClFNO2. The van der Waals surface area contributed by atoms with Crippen molar-refractivity contribution in [3.05, 3.63) is 34.1 Å². The van der Waals surface area contributed by atoms with Gasteiger partial charge in [0.1, 0.15) is 5.82 Å². The van der Waals surface area contributed by atoms with Gasteiger partial charge in [-0.05, 0) is 19.1 Å². The molecule has 0 spiro atoms. The molecule has 0 saturated carbocycles. The summed E-state index contributed by atoms with van der Waals surface area (Å²) in [6.45, 7) is 1.59. The highest BCUT2D eigenvalue weighted by Crippen LogP contribution is 2.24. The molecule has 3 N–H and O–H groups in total. The van der Waals surface area contributed by atoms with E-state index in [1.165, 1.54) is 6.07 Å². The molecule has 76 valence electrons. The molecule has 0 aromatic heterocycles. The van der Waals surface area contributed by atoms with Crippen LogP contribution in [-0.2, 0) is 0 Å². The molecule has 0 amide bonds. The second kappa shape index (κ2) is 3.94. The van der Waals surface area contributed by atoms with E-state index in [9.17, 15) is 9.18 Å². The Balaban J connectivity index is 3.31. The van der Waals surface area contributed by atoms with E-state index in [1.54, 1.807) is 6.92 Å². The van der Waals surface area contributed by atoms with Crippen molar-refractivity contribution in [3.8, 4) is 0 Å². The number of benzene rings is 1. The quantitative estimate of drug-likeness (QED) is 0.798. The largest absolute Gasteiger partial charge is 0.478 e. The molecule has 5 heteroatoms. The zero-order chi connectivity index (χ0) is 10.9. The van der Waals surface area contributed by atoms with Gasteiger partial charge in [-0.25, -0.2) is 9.18 Å². The molecule has 0 radical (unpaired) electrons. The fourth-order valence-electron chi connectivity index (χ4n) is 1.08. The number of hydrogen-bond acceptors (Lipinski definition) is 2. The zero-order valence-corrected chi connectivity index (χ0v) is 8.18. The Hall–Kier alpha value is -1.13. The van der Waals surface area contributed by atoms with E-state index >= 15 is 0 Å². The molecule has 0 saturated heterocycles. The van der Waals surface area contributed by atoms with Gasteiger partial charge >= 0.3 is 5.97 Å². The van der Waals surface area contributed by atoms with E-state index in [0.29, 0.717) is 0 Å². The Morgan fingerprint density at radius 2 is 2.21 bits per heavy atom. The van der Waals surface area contributed by atoms with Crippen molar-refractivity contribution < 1.29 is 14.3 Å². The summed E-state index contributed by atoms with van der Waals surface area (Å²) in [5, 5.41) is 8.63. The van der Waals surface area contributed by atoms with E-state index in [4.69, 9.17) is 22.4 Å². The summed E-state index contributed by atoms with van der Waals surface area (Å²) >= 11 is 5.64. The predicted octanol–water partition coefficient (Wildman–Crippen LogP) is 2.20. The first-order valence-corrected chi connectivity index (χ1v) is 4.29. The van der Waals surface area contributed by atoms with Crippen LogP contribution >= 0.6 is 11.6 Å². The molecule has 1 aromatic rings. The van der Waals surface area contributed by atoms with Crippen molar-refractivity contribution in [2.45, 2.75) is 13.0 Å². The second-order valence-corrected chi connectivity index (χ2v) is 3.35. The number of halogens is 2. The van der Waals surface area contributed by atoms with E-state index in [2.05, 4.69) is 0 Å². The average Bonchev–Trinajstić information content (AvgIpc) is 2.07. The highest BCUT2D eigenvalue weighted by molar-refractivity contribution is 6.33. The molecule has 3 nitrogen and oxygen atoms in total. The first-order valence-electron chi connectivity index (χ1n) is 3.91. The van der Waals surface area contributed by atoms with Crippen molar-refractivity contribution in [2.24, 2.45) is 5.73 Å². The van der Waals surface area contributed by atoms with Crippen molar-refractivity contribution in [3.63, 3.8) is 0 Å². The first kappa shape index (κ1) is 10.9. The van der Waals surface area contributed by atoms with Crippen LogP contribution in [0.5, 0.6) is 0 Å². The van der Waals surface area contributed by atoms with Gasteiger partial charge in [0.2, 0.25) is 0 Å². The standard InChI is InChI=1S/C9H9ClFNO2/c1-4(12)5-2-7(10)6(9(13)14)3-8(5)11/h2-4H,12H2,1H3,(H,13,14). The third-order valence-corrected chi connectivity index (χ3v) is 2.12. The Morgan fingerprint density at radius 3 is 2.64 bits per heavy atom. The monoisotopic (exact) mass is 217 g/mol. The molecule has 0 aliphatic carbocycles. The Kier molecular flexibility index (Phi) is 3.08. The molecule has 0 heterocycles. The highest BCUT2D eigenvalue weighted by Gasteiger charge is 2.15. The van der Waals surface area contributed by atoms with Gasteiger partial charge in [-0.3, -0.25) is 0 Å². The van der Waals surface area contributed by atoms with Crippen molar-refractivity contribution in [1.82, 2.24) is 0 Å². The van der Waals surface area contributed by atoms with Gasteiger partial charge in [0, 0.05) is 11.6 Å². The lowest BCUT2D eigenvalue weighted by molar-refractivity contribution is 0.0696. The third-order valence-electron chi connectivity index (χ3n) is 1.81. The van der Waals surface area contributed by atoms with Crippen LogP contribution in [0, 0.1) is 5.82 Å². The fourth-order valence-corrected chi connectivity index (χ4v) is 1.33. The predicted molar refractivity (Wildman–Crippen MR) is 51.0 cm³/mol. The molecule has 0 aliphatic rings. The summed E-state index contributed by atoms with van der Waals surface area (Å²) in [4.78, 5) is 10.6. The van der Waals surface area contributed by atoms with Gasteiger partial charge in [0.05, 0.1) is 10.6 Å². The van der Waals surface area contributed by atoms with Crippen LogP contribution in [0.1, 0.15) is 28.9 Å². The second-order valence-electron chi connectivity index (χ2n) is 2.95. The van der Waals surface area contributed by atoms with Gasteiger partial charge in [0.25, 0.3) is 0 Å². The maximum atomic E-state index is 13.2. The smallest absolute Gasteiger partial charge is 0.337 e. The summed E-state index contributed by atoms with van der Waals surface area (Å²) in [6, 6.07) is 1.60. The van der Waals surface area contributed by atoms with Crippen molar-refractivity contribution in [2.75, 3.05) is 0 Å². The summed E-state index contributed by atoms with van der Waals surface area (Å²) in [7, 11) is 0. The third kappa shape index (κ3) is 2.02. The number of hydrogen-bond donors (Lipinski definition) is 2. The maximum Gasteiger partial charge on any atom is 0.337 e. The first-order chi connectivity index (χ1) is 6.43. The molecule has 1 unspecified atom stereocenters. The van der Waals surface area contributed by atoms with Crippen LogP contribution in [0.3, 0.4) is 0 Å². The van der Waals surface area contributed by atoms with Gasteiger partial charge in [-0.1, -0.05) is 11.6 Å². The van der Waals surface area contributed by atoms with Gasteiger partial charge < -0.3 is 10.8 Å². The van der Waals surface area contributed by atoms with E-state index in [-0.39, 0.29) is 16.1 Å². The SMILES string of the molecule is CC(N)c1cc(Cl)c(C(=O)O)cc1F. The lowest BCUT2D eigenvalue weighted by Crippen LogP contribution is -2.09. The molecule has 0 bridgehead atoms. The van der Waals surface area contributed by atoms with Crippen LogP contribution in [0.15, 0.2) is 12.1 Å². The normalized spacial score (nSPS) is 12.6.